The summed E-state index contributed by atoms with van der Waals surface area (Å²) in [5.41, 5.74) is 3.98. The van der Waals surface area contributed by atoms with Gasteiger partial charge in [-0.2, -0.15) is 0 Å². The molecule has 0 bridgehead atoms. The molecule has 2 aromatic carbocycles. The highest BCUT2D eigenvalue weighted by Gasteiger charge is 2.30. The number of hydrogen-bond acceptors (Lipinski definition) is 4. The molecule has 0 unspecified atom stereocenters. The molecule has 33 heavy (non-hydrogen) atoms. The Balaban J connectivity index is 1.35. The molecule has 2 aromatic heterocycles. The van der Waals surface area contributed by atoms with Crippen LogP contribution in [0, 0.1) is 0 Å². The van der Waals surface area contributed by atoms with E-state index >= 15 is 0 Å². The summed E-state index contributed by atoms with van der Waals surface area (Å²) in [7, 11) is 1.69. The zero-order valence-electron chi connectivity index (χ0n) is 19.4. The first-order valence-electron chi connectivity index (χ1n) is 11.6. The fourth-order valence-corrected chi connectivity index (χ4v) is 4.79. The Bertz CT molecular complexity index is 1280. The van der Waals surface area contributed by atoms with Gasteiger partial charge in [0.25, 0.3) is 5.91 Å². The van der Waals surface area contributed by atoms with E-state index < -0.39 is 0 Å². The van der Waals surface area contributed by atoms with Crippen molar-refractivity contribution in [2.45, 2.75) is 45.3 Å². The molecule has 3 heterocycles. The Kier molecular flexibility index (Phi) is 5.85. The number of carbonyl (C=O) groups is 1. The van der Waals surface area contributed by atoms with Gasteiger partial charge >= 0.3 is 0 Å². The van der Waals surface area contributed by atoms with Gasteiger partial charge < -0.3 is 23.8 Å². The second-order valence-electron chi connectivity index (χ2n) is 8.99. The minimum absolute atomic E-state index is 0.0485. The average molecular weight is 447 g/mol. The summed E-state index contributed by atoms with van der Waals surface area (Å²) in [5.74, 6) is 1.62. The number of ether oxygens (including phenoxy) is 2. The number of aromatic amines is 1. The van der Waals surface area contributed by atoms with Gasteiger partial charge in [-0.3, -0.25) is 4.79 Å². The average Bonchev–Trinajstić information content (AvgIpc) is 3.43. The molecule has 4 aromatic rings. The van der Waals surface area contributed by atoms with E-state index in [1.165, 1.54) is 10.9 Å². The van der Waals surface area contributed by atoms with Crippen molar-refractivity contribution in [1.82, 2.24) is 9.88 Å². The number of benzene rings is 2. The van der Waals surface area contributed by atoms with Gasteiger partial charge in [0.05, 0.1) is 19.8 Å². The zero-order chi connectivity index (χ0) is 22.9. The molecule has 1 saturated heterocycles. The number of amides is 1. The number of furan rings is 1. The second kappa shape index (κ2) is 8.94. The highest BCUT2D eigenvalue weighted by atomic mass is 16.5. The molecule has 5 rings (SSSR count). The maximum absolute atomic E-state index is 13.5. The van der Waals surface area contributed by atoms with Crippen LogP contribution in [-0.4, -0.2) is 42.1 Å². The molecule has 0 radical (unpaired) electrons. The fourth-order valence-electron chi connectivity index (χ4n) is 4.79. The lowest BCUT2D eigenvalue weighted by Crippen LogP contribution is -2.38. The zero-order valence-corrected chi connectivity index (χ0v) is 19.4. The van der Waals surface area contributed by atoms with Crippen molar-refractivity contribution in [2.75, 3.05) is 20.2 Å². The summed E-state index contributed by atoms with van der Waals surface area (Å²) in [4.78, 5) is 18.8. The molecule has 0 saturated carbocycles. The molecule has 0 spiro atoms. The maximum atomic E-state index is 13.5. The molecule has 1 N–H and O–H groups in total. The van der Waals surface area contributed by atoms with Gasteiger partial charge in [0, 0.05) is 41.1 Å². The largest absolute Gasteiger partial charge is 0.497 e. The molecule has 0 atom stereocenters. The van der Waals surface area contributed by atoms with E-state index in [0.717, 1.165) is 40.6 Å². The Morgan fingerprint density at radius 3 is 2.70 bits per heavy atom. The number of fused-ring (bicyclic) bond motifs is 2. The van der Waals surface area contributed by atoms with Crippen molar-refractivity contribution in [1.29, 1.82) is 0 Å². The highest BCUT2D eigenvalue weighted by Crippen LogP contribution is 2.36. The third-order valence-electron chi connectivity index (χ3n) is 6.60. The second-order valence-corrected chi connectivity index (χ2v) is 8.99. The molecule has 172 valence electrons. The lowest BCUT2D eigenvalue weighted by molar-refractivity contribution is 0.0596. The van der Waals surface area contributed by atoms with Crippen LogP contribution in [0.25, 0.3) is 21.9 Å². The Labute approximate surface area is 193 Å². The number of H-pyrrole nitrogens is 1. The smallest absolute Gasteiger partial charge is 0.289 e. The molecule has 6 heteroatoms. The molecular weight excluding hydrogens is 416 g/mol. The van der Waals surface area contributed by atoms with E-state index in [4.69, 9.17) is 13.9 Å². The fraction of sp³-hybridized carbons (Fsp3) is 0.370. The number of piperidine rings is 1. The van der Waals surface area contributed by atoms with Crippen LogP contribution in [0.3, 0.4) is 0 Å². The number of likely N-dealkylation sites (tertiary alicyclic amines) is 1. The summed E-state index contributed by atoms with van der Waals surface area (Å²) in [6.07, 6.45) is 4.00. The minimum atomic E-state index is -0.0485. The number of methoxy groups -OCH3 is 1. The molecule has 0 aliphatic carbocycles. The van der Waals surface area contributed by atoms with E-state index in [1.807, 2.05) is 49.1 Å². The Morgan fingerprint density at radius 2 is 1.94 bits per heavy atom. The van der Waals surface area contributed by atoms with Gasteiger partial charge in [-0.1, -0.05) is 18.2 Å². The van der Waals surface area contributed by atoms with Crippen molar-refractivity contribution < 1.29 is 18.7 Å². The summed E-state index contributed by atoms with van der Waals surface area (Å²) < 4.78 is 17.3. The number of hydrogen-bond donors (Lipinski definition) is 1. The lowest BCUT2D eigenvalue weighted by Gasteiger charge is -2.31. The van der Waals surface area contributed by atoms with Gasteiger partial charge in [-0.15, -0.1) is 0 Å². The number of rotatable bonds is 6. The molecule has 1 aliphatic heterocycles. The first kappa shape index (κ1) is 21.6. The number of nitrogens with zero attached hydrogens (tertiary/aromatic N) is 1. The number of aromatic nitrogens is 1. The van der Waals surface area contributed by atoms with Gasteiger partial charge in [0.1, 0.15) is 11.3 Å². The van der Waals surface area contributed by atoms with E-state index in [0.29, 0.717) is 31.4 Å². The molecular formula is C27H30N2O4. The van der Waals surface area contributed by atoms with Crippen LogP contribution in [-0.2, 0) is 11.3 Å². The quantitative estimate of drug-likeness (QED) is 0.402. The third-order valence-corrected chi connectivity index (χ3v) is 6.60. The van der Waals surface area contributed by atoms with Crippen molar-refractivity contribution in [3.63, 3.8) is 0 Å². The van der Waals surface area contributed by atoms with Crippen LogP contribution in [0.4, 0.5) is 0 Å². The summed E-state index contributed by atoms with van der Waals surface area (Å²) in [5, 5.41) is 2.15. The van der Waals surface area contributed by atoms with Gasteiger partial charge in [0.2, 0.25) is 0 Å². The summed E-state index contributed by atoms with van der Waals surface area (Å²) >= 11 is 0. The van der Waals surface area contributed by atoms with E-state index in [-0.39, 0.29) is 12.0 Å². The standard InChI is InChI=1S/C27H30N2O4/c1-17(2)32-16-23-20-6-4-5-7-25(20)33-26(23)27(30)29-12-10-18(11-13-29)22-15-28-24-9-8-19(31-3)14-21(22)24/h4-9,14-15,17-18,28H,10-13,16H2,1-3H3. The van der Waals surface area contributed by atoms with Crippen LogP contribution in [0.15, 0.2) is 53.1 Å². The van der Waals surface area contributed by atoms with Crippen LogP contribution >= 0.6 is 0 Å². The monoisotopic (exact) mass is 446 g/mol. The molecule has 1 aliphatic rings. The van der Waals surface area contributed by atoms with Crippen molar-refractivity contribution >= 4 is 27.8 Å². The highest BCUT2D eigenvalue weighted by molar-refractivity contribution is 5.99. The van der Waals surface area contributed by atoms with Crippen LogP contribution in [0.5, 0.6) is 5.75 Å². The minimum Gasteiger partial charge on any atom is -0.497 e. The Morgan fingerprint density at radius 1 is 1.15 bits per heavy atom. The number of carbonyl (C=O) groups excluding carboxylic acids is 1. The lowest BCUT2D eigenvalue weighted by atomic mass is 9.89. The predicted molar refractivity (Wildman–Crippen MR) is 129 cm³/mol. The summed E-state index contributed by atoms with van der Waals surface area (Å²) in [6.45, 7) is 5.75. The maximum Gasteiger partial charge on any atom is 0.289 e. The molecule has 1 amide bonds. The van der Waals surface area contributed by atoms with E-state index in [1.54, 1.807) is 7.11 Å². The van der Waals surface area contributed by atoms with Crippen LogP contribution in [0.2, 0.25) is 0 Å². The SMILES string of the molecule is COc1ccc2[nH]cc(C3CCN(C(=O)c4oc5ccccc5c4COC(C)C)CC3)c2c1. The van der Waals surface area contributed by atoms with Crippen molar-refractivity contribution in [2.24, 2.45) is 0 Å². The van der Waals surface area contributed by atoms with Crippen molar-refractivity contribution in [3.05, 3.63) is 65.5 Å². The predicted octanol–water partition coefficient (Wildman–Crippen LogP) is 5.87. The first-order chi connectivity index (χ1) is 16.0. The normalized spacial score (nSPS) is 15.1. The van der Waals surface area contributed by atoms with Gasteiger partial charge in [-0.05, 0) is 62.4 Å². The van der Waals surface area contributed by atoms with Gasteiger partial charge in [0.15, 0.2) is 5.76 Å². The third kappa shape index (κ3) is 4.11. The topological polar surface area (TPSA) is 67.7 Å². The van der Waals surface area contributed by atoms with Gasteiger partial charge in [-0.25, -0.2) is 0 Å². The van der Waals surface area contributed by atoms with E-state index in [9.17, 15) is 4.79 Å². The first-order valence-corrected chi connectivity index (χ1v) is 11.6. The van der Waals surface area contributed by atoms with Crippen molar-refractivity contribution in [3.8, 4) is 5.75 Å². The van der Waals surface area contributed by atoms with Crippen LogP contribution < -0.4 is 4.74 Å². The Hall–Kier alpha value is -3.25. The molecule has 1 fully saturated rings. The summed E-state index contributed by atoms with van der Waals surface area (Å²) in [6, 6.07) is 13.9. The van der Waals surface area contributed by atoms with Crippen LogP contribution in [0.1, 0.15) is 54.3 Å². The van der Waals surface area contributed by atoms with E-state index in [2.05, 4.69) is 23.3 Å². The number of nitrogens with one attached hydrogen (secondary N) is 1. The molecule has 6 nitrogen and oxygen atoms in total. The number of para-hydroxylation sites is 1.